The highest BCUT2D eigenvalue weighted by molar-refractivity contribution is 4.99. The zero-order valence-electron chi connectivity index (χ0n) is 11.3. The molecule has 2 rings (SSSR count). The molecule has 0 bridgehead atoms. The van der Waals surface area contributed by atoms with E-state index < -0.39 is 0 Å². The van der Waals surface area contributed by atoms with E-state index in [2.05, 4.69) is 49.9 Å². The van der Waals surface area contributed by atoms with Gasteiger partial charge in [-0.1, -0.05) is 12.2 Å². The standard InChI is InChI=1S/2C7H13N/c2*1-7-5-3-4-6-8(7)2/h2*5H,3-4,6H2,1-2H3. The summed E-state index contributed by atoms with van der Waals surface area (Å²) in [7, 11) is 4.29. The van der Waals surface area contributed by atoms with Gasteiger partial charge >= 0.3 is 0 Å². The van der Waals surface area contributed by atoms with Crippen LogP contribution >= 0.6 is 0 Å². The first-order valence-corrected chi connectivity index (χ1v) is 6.37. The van der Waals surface area contributed by atoms with Crippen LogP contribution in [0.15, 0.2) is 23.5 Å². The maximum absolute atomic E-state index is 2.30. The van der Waals surface area contributed by atoms with E-state index in [-0.39, 0.29) is 0 Å². The van der Waals surface area contributed by atoms with Gasteiger partial charge < -0.3 is 9.80 Å². The largest absolute Gasteiger partial charge is 0.378 e. The van der Waals surface area contributed by atoms with Gasteiger partial charge in [-0.05, 0) is 39.5 Å². The zero-order chi connectivity index (χ0) is 12.0. The van der Waals surface area contributed by atoms with Gasteiger partial charge in [0.25, 0.3) is 0 Å². The second kappa shape index (κ2) is 6.62. The molecular formula is C14H26N2. The van der Waals surface area contributed by atoms with Crippen LogP contribution in [0.4, 0.5) is 0 Å². The molecule has 16 heavy (non-hydrogen) atoms. The zero-order valence-corrected chi connectivity index (χ0v) is 11.3. The van der Waals surface area contributed by atoms with Crippen molar-refractivity contribution in [3.63, 3.8) is 0 Å². The van der Waals surface area contributed by atoms with Gasteiger partial charge in [-0.3, -0.25) is 0 Å². The van der Waals surface area contributed by atoms with Crippen molar-refractivity contribution in [3.8, 4) is 0 Å². The van der Waals surface area contributed by atoms with Crippen LogP contribution in [0.25, 0.3) is 0 Å². The fraction of sp³-hybridized carbons (Fsp3) is 0.714. The molecule has 2 aliphatic rings. The summed E-state index contributed by atoms with van der Waals surface area (Å²) in [6, 6.07) is 0. The van der Waals surface area contributed by atoms with Crippen LogP contribution in [0.1, 0.15) is 39.5 Å². The van der Waals surface area contributed by atoms with Crippen molar-refractivity contribution >= 4 is 0 Å². The first kappa shape index (κ1) is 13.1. The lowest BCUT2D eigenvalue weighted by Gasteiger charge is -2.23. The quantitative estimate of drug-likeness (QED) is 0.621. The Balaban J connectivity index is 0.000000160. The molecule has 0 radical (unpaired) electrons. The number of allylic oxidation sites excluding steroid dienone is 4. The van der Waals surface area contributed by atoms with E-state index in [1.54, 1.807) is 0 Å². The Morgan fingerprint density at radius 1 is 0.812 bits per heavy atom. The van der Waals surface area contributed by atoms with Crippen LogP contribution in [-0.4, -0.2) is 37.0 Å². The monoisotopic (exact) mass is 222 g/mol. The molecule has 0 aromatic heterocycles. The maximum Gasteiger partial charge on any atom is 0.0174 e. The normalized spacial score (nSPS) is 20.8. The third-order valence-corrected chi connectivity index (χ3v) is 3.48. The van der Waals surface area contributed by atoms with Crippen molar-refractivity contribution < 1.29 is 0 Å². The molecule has 0 N–H and O–H groups in total. The third kappa shape index (κ3) is 4.30. The summed E-state index contributed by atoms with van der Waals surface area (Å²) in [5.41, 5.74) is 2.85. The molecule has 0 aliphatic carbocycles. The molecule has 0 spiro atoms. The van der Waals surface area contributed by atoms with E-state index in [1.165, 1.54) is 50.2 Å². The van der Waals surface area contributed by atoms with Gasteiger partial charge in [-0.2, -0.15) is 0 Å². The molecule has 2 heterocycles. The minimum atomic E-state index is 1.24. The molecule has 92 valence electrons. The van der Waals surface area contributed by atoms with E-state index in [0.29, 0.717) is 0 Å². The Morgan fingerprint density at radius 3 is 1.38 bits per heavy atom. The smallest absolute Gasteiger partial charge is 0.0174 e. The molecule has 0 aromatic rings. The summed E-state index contributed by atoms with van der Waals surface area (Å²) >= 11 is 0. The molecular weight excluding hydrogens is 196 g/mol. The summed E-state index contributed by atoms with van der Waals surface area (Å²) in [6.07, 6.45) is 9.79. The number of rotatable bonds is 0. The van der Waals surface area contributed by atoms with Crippen molar-refractivity contribution in [2.45, 2.75) is 39.5 Å². The van der Waals surface area contributed by atoms with Crippen molar-refractivity contribution in [1.29, 1.82) is 0 Å². The highest BCUT2D eigenvalue weighted by Crippen LogP contribution is 2.10. The topological polar surface area (TPSA) is 6.48 Å². The third-order valence-electron chi connectivity index (χ3n) is 3.48. The van der Waals surface area contributed by atoms with Crippen molar-refractivity contribution in [2.24, 2.45) is 0 Å². The molecule has 0 unspecified atom stereocenters. The van der Waals surface area contributed by atoms with Crippen LogP contribution in [0.2, 0.25) is 0 Å². The fourth-order valence-electron chi connectivity index (χ4n) is 1.94. The predicted octanol–water partition coefficient (Wildman–Crippen LogP) is 3.23. The molecule has 0 atom stereocenters. The number of hydrogen-bond donors (Lipinski definition) is 0. The lowest BCUT2D eigenvalue weighted by molar-refractivity contribution is 0.389. The highest BCUT2D eigenvalue weighted by atomic mass is 15.1. The lowest BCUT2D eigenvalue weighted by atomic mass is 10.2. The lowest BCUT2D eigenvalue weighted by Crippen LogP contribution is -2.20. The van der Waals surface area contributed by atoms with E-state index in [1.807, 2.05) is 0 Å². The van der Waals surface area contributed by atoms with Gasteiger partial charge in [-0.25, -0.2) is 0 Å². The van der Waals surface area contributed by atoms with Crippen molar-refractivity contribution in [2.75, 3.05) is 27.2 Å². The van der Waals surface area contributed by atoms with Crippen LogP contribution in [-0.2, 0) is 0 Å². The van der Waals surface area contributed by atoms with Crippen LogP contribution in [0, 0.1) is 0 Å². The van der Waals surface area contributed by atoms with E-state index in [0.717, 1.165) is 0 Å². The minimum Gasteiger partial charge on any atom is -0.378 e. The molecule has 2 heteroatoms. The molecule has 0 aromatic carbocycles. The van der Waals surface area contributed by atoms with Gasteiger partial charge in [0.15, 0.2) is 0 Å². The molecule has 0 saturated carbocycles. The van der Waals surface area contributed by atoms with Gasteiger partial charge in [0.05, 0.1) is 0 Å². The van der Waals surface area contributed by atoms with Crippen molar-refractivity contribution in [3.05, 3.63) is 23.5 Å². The molecule has 2 nitrogen and oxygen atoms in total. The summed E-state index contributed by atoms with van der Waals surface area (Å²) in [6.45, 7) is 6.81. The van der Waals surface area contributed by atoms with E-state index in [4.69, 9.17) is 0 Å². The average molecular weight is 222 g/mol. The summed E-state index contributed by atoms with van der Waals surface area (Å²) < 4.78 is 0. The number of nitrogens with zero attached hydrogens (tertiary/aromatic N) is 2. The summed E-state index contributed by atoms with van der Waals surface area (Å²) in [5.74, 6) is 0. The van der Waals surface area contributed by atoms with Crippen molar-refractivity contribution in [1.82, 2.24) is 9.80 Å². The Kier molecular flexibility index (Phi) is 5.44. The average Bonchev–Trinajstić information content (AvgIpc) is 2.28. The van der Waals surface area contributed by atoms with Gasteiger partial charge in [0, 0.05) is 38.6 Å². The fourth-order valence-corrected chi connectivity index (χ4v) is 1.94. The van der Waals surface area contributed by atoms with Crippen LogP contribution in [0.5, 0.6) is 0 Å². The SMILES string of the molecule is CC1=CCCCN1C.CC1=CCCCN1C. The predicted molar refractivity (Wildman–Crippen MR) is 71.2 cm³/mol. The van der Waals surface area contributed by atoms with Crippen LogP contribution in [0.3, 0.4) is 0 Å². The van der Waals surface area contributed by atoms with E-state index in [9.17, 15) is 0 Å². The maximum atomic E-state index is 2.30. The van der Waals surface area contributed by atoms with Gasteiger partial charge in [0.1, 0.15) is 0 Å². The minimum absolute atomic E-state index is 1.24. The number of hydrogen-bond acceptors (Lipinski definition) is 2. The first-order chi connectivity index (χ1) is 7.61. The Labute approximate surface area is 101 Å². The summed E-state index contributed by atoms with van der Waals surface area (Å²) in [4.78, 5) is 4.59. The summed E-state index contributed by atoms with van der Waals surface area (Å²) in [5, 5.41) is 0. The molecule has 0 amide bonds. The van der Waals surface area contributed by atoms with Crippen LogP contribution < -0.4 is 0 Å². The highest BCUT2D eigenvalue weighted by Gasteiger charge is 2.02. The molecule has 0 fully saturated rings. The van der Waals surface area contributed by atoms with Gasteiger partial charge in [0.2, 0.25) is 0 Å². The second-order valence-electron chi connectivity index (χ2n) is 4.82. The Morgan fingerprint density at radius 2 is 1.19 bits per heavy atom. The first-order valence-electron chi connectivity index (χ1n) is 6.37. The Bertz CT molecular complexity index is 238. The molecule has 2 aliphatic heterocycles. The Hall–Kier alpha value is -0.920. The van der Waals surface area contributed by atoms with E-state index >= 15 is 0 Å². The second-order valence-corrected chi connectivity index (χ2v) is 4.82. The van der Waals surface area contributed by atoms with Gasteiger partial charge in [-0.15, -0.1) is 0 Å². The molecule has 0 saturated heterocycles.